The van der Waals surface area contributed by atoms with Crippen LogP contribution in [0.4, 0.5) is 24.7 Å². The Labute approximate surface area is 194 Å². The molecule has 2 heterocycles. The van der Waals surface area contributed by atoms with Crippen molar-refractivity contribution < 1.29 is 27.8 Å². The van der Waals surface area contributed by atoms with Crippen LogP contribution >= 0.6 is 0 Å². The fourth-order valence-electron chi connectivity index (χ4n) is 4.44. The van der Waals surface area contributed by atoms with Gasteiger partial charge in [-0.3, -0.25) is 4.79 Å². The Hall–Kier alpha value is -3.43. The quantitative estimate of drug-likeness (QED) is 0.492. The zero-order chi connectivity index (χ0) is 24.4. The molecule has 1 aliphatic rings. The highest BCUT2D eigenvalue weighted by Crippen LogP contribution is 2.38. The molecule has 0 aliphatic carbocycles. The second kappa shape index (κ2) is 9.82. The third-order valence-electron chi connectivity index (χ3n) is 5.92. The van der Waals surface area contributed by atoms with E-state index in [1.54, 1.807) is 24.4 Å². The number of carbonyl (C=O) groups excluding carboxylic acids is 1. The Balaban J connectivity index is 1.79. The molecule has 6 nitrogen and oxygen atoms in total. The van der Waals surface area contributed by atoms with Gasteiger partial charge in [-0.1, -0.05) is 6.07 Å². The van der Waals surface area contributed by atoms with Crippen LogP contribution in [0.25, 0.3) is 0 Å². The summed E-state index contributed by atoms with van der Waals surface area (Å²) in [5.74, 6) is -4.02. The number of rotatable bonds is 8. The number of nitrogens with two attached hydrogens (primary N) is 1. The number of aromatic nitrogens is 1. The van der Waals surface area contributed by atoms with Gasteiger partial charge in [-0.2, -0.15) is 0 Å². The molecular formula is C25H24F3N3O3. The molecule has 0 spiro atoms. The van der Waals surface area contributed by atoms with E-state index in [9.17, 15) is 23.1 Å². The Morgan fingerprint density at radius 2 is 1.97 bits per heavy atom. The lowest BCUT2D eigenvalue weighted by atomic mass is 9.96. The second-order valence-electron chi connectivity index (χ2n) is 8.20. The van der Waals surface area contributed by atoms with Crippen LogP contribution < -0.4 is 10.6 Å². The van der Waals surface area contributed by atoms with Crippen LogP contribution in [0.2, 0.25) is 0 Å². The van der Waals surface area contributed by atoms with Gasteiger partial charge in [0.05, 0.1) is 12.7 Å². The van der Waals surface area contributed by atoms with Crippen LogP contribution in [0.15, 0.2) is 42.6 Å². The largest absolute Gasteiger partial charge is 0.390 e. The first kappa shape index (κ1) is 23.7. The van der Waals surface area contributed by atoms with Crippen molar-refractivity contribution in [3.8, 4) is 0 Å². The zero-order valence-corrected chi connectivity index (χ0v) is 18.5. The number of hydrogen-bond donors (Lipinski definition) is 2. The van der Waals surface area contributed by atoms with Gasteiger partial charge < -0.3 is 20.5 Å². The highest BCUT2D eigenvalue weighted by Gasteiger charge is 2.28. The molecule has 1 aromatic heterocycles. The van der Waals surface area contributed by atoms with E-state index in [0.717, 1.165) is 23.4 Å². The molecule has 3 N–H and O–H groups in total. The number of fused-ring (bicyclic) bond motifs is 1. The number of pyridine rings is 1. The molecule has 0 saturated carbocycles. The van der Waals surface area contributed by atoms with Crippen molar-refractivity contribution in [2.24, 2.45) is 5.73 Å². The summed E-state index contributed by atoms with van der Waals surface area (Å²) in [5.41, 5.74) is 9.15. The van der Waals surface area contributed by atoms with Gasteiger partial charge in [0.15, 0.2) is 17.5 Å². The van der Waals surface area contributed by atoms with Gasteiger partial charge in [0.2, 0.25) is 5.91 Å². The normalized spacial score (nSPS) is 13.7. The molecule has 3 aromatic rings. The summed E-state index contributed by atoms with van der Waals surface area (Å²) >= 11 is 0. The first-order chi connectivity index (χ1) is 16.3. The van der Waals surface area contributed by atoms with Gasteiger partial charge in [0, 0.05) is 43.1 Å². The number of amides is 1. The number of carbonyl (C=O) groups is 1. The van der Waals surface area contributed by atoms with Crippen LogP contribution in [-0.4, -0.2) is 42.4 Å². The SMILES string of the molecule is COC[C@H](O)Cc1c(Cc2cc(F)c(F)c(F)c2)ccnc1N1CCc2c(C(N)=O)cccc21. The summed E-state index contributed by atoms with van der Waals surface area (Å²) < 4.78 is 46.1. The summed E-state index contributed by atoms with van der Waals surface area (Å²) in [4.78, 5) is 18.4. The third-order valence-corrected chi connectivity index (χ3v) is 5.92. The summed E-state index contributed by atoms with van der Waals surface area (Å²) in [5, 5.41) is 10.5. The molecule has 0 fully saturated rings. The molecule has 2 aromatic carbocycles. The van der Waals surface area contributed by atoms with Gasteiger partial charge in [0.25, 0.3) is 0 Å². The Bertz CT molecular complexity index is 1210. The molecule has 0 unspecified atom stereocenters. The maximum Gasteiger partial charge on any atom is 0.249 e. The predicted octanol–water partition coefficient (Wildman–Crippen LogP) is 3.43. The van der Waals surface area contributed by atoms with Crippen LogP contribution in [-0.2, 0) is 24.0 Å². The molecule has 0 bridgehead atoms. The van der Waals surface area contributed by atoms with E-state index in [4.69, 9.17) is 10.5 Å². The second-order valence-corrected chi connectivity index (χ2v) is 8.20. The van der Waals surface area contributed by atoms with E-state index < -0.39 is 29.5 Å². The maximum atomic E-state index is 13.8. The molecule has 34 heavy (non-hydrogen) atoms. The van der Waals surface area contributed by atoms with E-state index in [-0.39, 0.29) is 25.0 Å². The van der Waals surface area contributed by atoms with Gasteiger partial charge >= 0.3 is 0 Å². The number of methoxy groups -OCH3 is 1. The fraction of sp³-hybridized carbons (Fsp3) is 0.280. The molecule has 178 valence electrons. The molecule has 1 atom stereocenters. The minimum atomic E-state index is -1.52. The lowest BCUT2D eigenvalue weighted by Crippen LogP contribution is -2.23. The smallest absolute Gasteiger partial charge is 0.249 e. The average molecular weight is 471 g/mol. The van der Waals surface area contributed by atoms with Crippen molar-refractivity contribution in [2.45, 2.75) is 25.4 Å². The molecule has 1 amide bonds. The van der Waals surface area contributed by atoms with Crippen molar-refractivity contribution >= 4 is 17.4 Å². The topological polar surface area (TPSA) is 88.7 Å². The van der Waals surface area contributed by atoms with Crippen molar-refractivity contribution in [1.29, 1.82) is 0 Å². The third kappa shape index (κ3) is 4.62. The summed E-state index contributed by atoms with van der Waals surface area (Å²) in [6, 6.07) is 8.90. The zero-order valence-electron chi connectivity index (χ0n) is 18.5. The Morgan fingerprint density at radius 3 is 2.65 bits per heavy atom. The van der Waals surface area contributed by atoms with Gasteiger partial charge in [0.1, 0.15) is 5.82 Å². The van der Waals surface area contributed by atoms with Crippen molar-refractivity contribution in [2.75, 3.05) is 25.2 Å². The predicted molar refractivity (Wildman–Crippen MR) is 121 cm³/mol. The van der Waals surface area contributed by atoms with Crippen molar-refractivity contribution in [3.63, 3.8) is 0 Å². The number of nitrogens with zero attached hydrogens (tertiary/aromatic N) is 2. The molecule has 0 radical (unpaired) electrons. The van der Waals surface area contributed by atoms with Crippen LogP contribution in [0.1, 0.15) is 32.6 Å². The Morgan fingerprint density at radius 1 is 1.24 bits per heavy atom. The van der Waals surface area contributed by atoms with Crippen molar-refractivity contribution in [3.05, 3.63) is 87.9 Å². The molecule has 1 aliphatic heterocycles. The lowest BCUT2D eigenvalue weighted by Gasteiger charge is -2.25. The monoisotopic (exact) mass is 471 g/mol. The number of primary amides is 1. The van der Waals surface area contributed by atoms with Crippen LogP contribution in [0, 0.1) is 17.5 Å². The van der Waals surface area contributed by atoms with E-state index >= 15 is 0 Å². The van der Waals surface area contributed by atoms with E-state index in [1.165, 1.54) is 7.11 Å². The van der Waals surface area contributed by atoms with E-state index in [2.05, 4.69) is 4.98 Å². The number of hydrogen-bond acceptors (Lipinski definition) is 5. The summed E-state index contributed by atoms with van der Waals surface area (Å²) in [6.45, 7) is 0.610. The van der Waals surface area contributed by atoms with E-state index in [1.807, 2.05) is 11.0 Å². The highest BCUT2D eigenvalue weighted by molar-refractivity contribution is 5.97. The highest BCUT2D eigenvalue weighted by atomic mass is 19.2. The summed E-state index contributed by atoms with van der Waals surface area (Å²) in [6.07, 6.45) is 1.56. The number of anilines is 2. The molecule has 4 rings (SSSR count). The number of halogens is 3. The molecule has 9 heteroatoms. The van der Waals surface area contributed by atoms with Gasteiger partial charge in [-0.25, -0.2) is 18.2 Å². The number of ether oxygens (including phenoxy) is 1. The number of aliphatic hydroxyl groups is 1. The van der Waals surface area contributed by atoms with Gasteiger partial charge in [-0.05, 0) is 59.9 Å². The maximum absolute atomic E-state index is 13.8. The van der Waals surface area contributed by atoms with Crippen molar-refractivity contribution in [1.82, 2.24) is 4.98 Å². The molecule has 0 saturated heterocycles. The number of aliphatic hydroxyl groups excluding tert-OH is 1. The standard InChI is InChI=1S/C25H24F3N3O3/c1-34-13-16(32)12-19-15(9-14-10-20(26)23(28)21(27)11-14)5-7-30-25(19)31-8-6-17-18(24(29)33)3-2-4-22(17)31/h2-5,7,10-11,16,32H,6,8-9,12-13H2,1H3,(H2,29,33)/t16-/m1/s1. The van der Waals surface area contributed by atoms with E-state index in [0.29, 0.717) is 35.5 Å². The minimum absolute atomic E-state index is 0.0794. The first-order valence-electron chi connectivity index (χ1n) is 10.8. The lowest BCUT2D eigenvalue weighted by molar-refractivity contribution is 0.0649. The summed E-state index contributed by atoms with van der Waals surface area (Å²) in [7, 11) is 1.47. The van der Waals surface area contributed by atoms with Gasteiger partial charge in [-0.15, -0.1) is 0 Å². The average Bonchev–Trinajstić information content (AvgIpc) is 3.22. The van der Waals surface area contributed by atoms with Crippen LogP contribution in [0.3, 0.4) is 0 Å². The fourth-order valence-corrected chi connectivity index (χ4v) is 4.44. The number of benzene rings is 2. The minimum Gasteiger partial charge on any atom is -0.390 e. The van der Waals surface area contributed by atoms with Crippen LogP contribution in [0.5, 0.6) is 0 Å². The first-order valence-corrected chi connectivity index (χ1v) is 10.8. The molecular weight excluding hydrogens is 447 g/mol. The Kier molecular flexibility index (Phi) is 6.85.